The van der Waals surface area contributed by atoms with Crippen LogP contribution in [-0.4, -0.2) is 131 Å². The fourth-order valence-corrected chi connectivity index (χ4v) is 21.9. The second kappa shape index (κ2) is 26.3. The van der Waals surface area contributed by atoms with Crippen LogP contribution in [0, 0.1) is 0 Å². The Morgan fingerprint density at radius 3 is 0.600 bits per heavy atom. The minimum atomic E-state index is -0.967. The van der Waals surface area contributed by atoms with E-state index < -0.39 is 110 Å². The van der Waals surface area contributed by atoms with Crippen LogP contribution in [0.5, 0.6) is 0 Å². The van der Waals surface area contributed by atoms with Crippen LogP contribution in [0.1, 0.15) is 0 Å². The molecular weight excluding hydrogens is 557 g/mol. The van der Waals surface area contributed by atoms with Crippen LogP contribution in [0.3, 0.4) is 0 Å². The third-order valence-electron chi connectivity index (χ3n) is 1.90. The van der Waals surface area contributed by atoms with Gasteiger partial charge < -0.3 is 49.4 Å². The van der Waals surface area contributed by atoms with Crippen LogP contribution < -0.4 is 0 Å². The van der Waals surface area contributed by atoms with Gasteiger partial charge in [-0.15, -0.1) is 0 Å². The average Bonchev–Trinajstić information content (AvgIpc) is 2.63. The molecule has 0 unspecified atom stereocenters. The van der Waals surface area contributed by atoms with Gasteiger partial charge in [-0.05, 0) is 0 Å². The van der Waals surface area contributed by atoms with Crippen molar-refractivity contribution in [2.24, 2.45) is 0 Å². The summed E-state index contributed by atoms with van der Waals surface area (Å²) in [5.74, 6) is 0. The van der Waals surface area contributed by atoms with Gasteiger partial charge in [0.25, 0.3) is 110 Å². The van der Waals surface area contributed by atoms with E-state index in [1.807, 2.05) is 0 Å². The van der Waals surface area contributed by atoms with Crippen molar-refractivity contribution in [2.75, 3.05) is 0 Å². The van der Waals surface area contributed by atoms with Gasteiger partial charge in [-0.1, -0.05) is 0 Å². The van der Waals surface area contributed by atoms with Crippen molar-refractivity contribution in [2.45, 2.75) is 0 Å². The number of hydrogen-bond donors (Lipinski definition) is 0. The summed E-state index contributed by atoms with van der Waals surface area (Å²) >= 11 is 0. The highest BCUT2D eigenvalue weighted by molar-refractivity contribution is 6.50. The summed E-state index contributed by atoms with van der Waals surface area (Å²) in [7, 11) is -8.36. The average molecular weight is 585 g/mol. The molecule has 0 fully saturated rings. The highest BCUT2D eigenvalue weighted by atomic mass is 28.4. The van der Waals surface area contributed by atoms with Crippen molar-refractivity contribution in [1.29, 1.82) is 0 Å². The van der Waals surface area contributed by atoms with E-state index in [2.05, 4.69) is 0 Å². The highest BCUT2D eigenvalue weighted by Crippen LogP contribution is 1.79. The lowest BCUT2D eigenvalue weighted by Gasteiger charge is -2.09. The lowest BCUT2D eigenvalue weighted by atomic mass is 15.7. The smallest absolute Gasteiger partial charge is 0.286 e. The van der Waals surface area contributed by atoms with Gasteiger partial charge in [0.2, 0.25) is 0 Å². The summed E-state index contributed by atoms with van der Waals surface area (Å²) in [6.45, 7) is 0. The van der Waals surface area contributed by atoms with Crippen LogP contribution in [-0.2, 0) is 49.4 Å². The first kappa shape index (κ1) is 27.3. The summed E-state index contributed by atoms with van der Waals surface area (Å²) in [5, 5.41) is 0. The number of rotatable bonds is 22. The van der Waals surface area contributed by atoms with Gasteiger partial charge in [-0.25, -0.2) is 0 Å². The lowest BCUT2D eigenvalue weighted by Crippen LogP contribution is -2.22. The molecule has 0 spiro atoms. The summed E-state index contributed by atoms with van der Waals surface area (Å²) < 4.78 is 63.6. The lowest BCUT2D eigenvalue weighted by molar-refractivity contribution is 0.359. The topological polar surface area (TPSA) is 111 Å². The first-order valence-corrected chi connectivity index (χ1v) is 21.5. The summed E-state index contributed by atoms with van der Waals surface area (Å²) in [6.07, 6.45) is 0. The molecule has 0 N–H and O–H groups in total. The van der Waals surface area contributed by atoms with Crippen LogP contribution in [0.4, 0.5) is 0 Å². The zero-order valence-corrected chi connectivity index (χ0v) is 34.2. The standard InChI is InChI=1S/H28O12Si13/c13-1-15-3-17-5-19-7-21-9-23-11-25-12-24-10-22-8-20-6-18-4-16-2-14/h15-25H2,13-14H3. The molecule has 25 heavy (non-hydrogen) atoms. The molecule has 0 bridgehead atoms. The molecule has 0 aliphatic rings. The van der Waals surface area contributed by atoms with E-state index in [0.29, 0.717) is 0 Å². The molecule has 152 valence electrons. The SMILES string of the molecule is [SiH3]O[SiH2]O[SiH2]O[SiH2]O[SiH2]O[SiH2]O[SiH2]O[SiH2]O[SiH2]O[SiH2]O[SiH2]O[SiH2]O[SiH3]. The molecule has 0 rings (SSSR count). The van der Waals surface area contributed by atoms with Gasteiger partial charge in [-0.2, -0.15) is 0 Å². The maximum Gasteiger partial charge on any atom is 0.286 e. The second-order valence-electron chi connectivity index (χ2n) is 3.91. The van der Waals surface area contributed by atoms with Gasteiger partial charge in [0.15, 0.2) is 0 Å². The van der Waals surface area contributed by atoms with E-state index in [9.17, 15) is 0 Å². The third kappa shape index (κ3) is 26.3. The molecule has 0 aromatic heterocycles. The van der Waals surface area contributed by atoms with Gasteiger partial charge in [0, 0.05) is 0 Å². The molecule has 0 aromatic rings. The Hall–Kier alpha value is 2.34. The molecule has 0 aliphatic carbocycles. The quantitative estimate of drug-likeness (QED) is 0.0890. The van der Waals surface area contributed by atoms with Gasteiger partial charge in [0.1, 0.15) is 21.0 Å². The van der Waals surface area contributed by atoms with Crippen LogP contribution in [0.25, 0.3) is 0 Å². The molecule has 12 nitrogen and oxygen atoms in total. The first-order valence-electron chi connectivity index (χ1n) is 7.17. The fourth-order valence-electron chi connectivity index (χ4n) is 1.04. The Morgan fingerprint density at radius 1 is 0.280 bits per heavy atom. The Morgan fingerprint density at radius 2 is 0.440 bits per heavy atom. The van der Waals surface area contributed by atoms with E-state index in [4.69, 9.17) is 49.4 Å². The first-order chi connectivity index (χ1) is 12.4. The Kier molecular flexibility index (Phi) is 28.8. The van der Waals surface area contributed by atoms with Crippen LogP contribution >= 0.6 is 0 Å². The molecule has 0 heterocycles. The van der Waals surface area contributed by atoms with Crippen molar-refractivity contribution >= 4 is 131 Å². The van der Waals surface area contributed by atoms with E-state index >= 15 is 0 Å². The van der Waals surface area contributed by atoms with E-state index in [-0.39, 0.29) is 0 Å². The Bertz CT molecular complexity index is 211. The highest BCUT2D eigenvalue weighted by Gasteiger charge is 1.96. The predicted octanol–water partition coefficient (Wildman–Crippen LogP) is -13.3. The molecular formula is H28O12Si13. The van der Waals surface area contributed by atoms with E-state index in [1.165, 1.54) is 0 Å². The van der Waals surface area contributed by atoms with Gasteiger partial charge >= 0.3 is 0 Å². The van der Waals surface area contributed by atoms with Gasteiger partial charge in [0.05, 0.1) is 0 Å². The zero-order chi connectivity index (χ0) is 18.3. The Labute approximate surface area is 179 Å². The molecule has 0 radical (unpaired) electrons. The molecule has 0 saturated carbocycles. The van der Waals surface area contributed by atoms with Crippen molar-refractivity contribution in [3.05, 3.63) is 0 Å². The van der Waals surface area contributed by atoms with E-state index in [0.717, 1.165) is 21.0 Å². The van der Waals surface area contributed by atoms with Crippen molar-refractivity contribution in [3.8, 4) is 0 Å². The van der Waals surface area contributed by atoms with Crippen LogP contribution in [0.2, 0.25) is 0 Å². The Balaban J connectivity index is 2.94. The second-order valence-corrected chi connectivity index (χ2v) is 27.5. The monoisotopic (exact) mass is 584 g/mol. The fraction of sp³-hybridized carbons (Fsp3) is 0. The normalized spacial score (nSPS) is 16.8. The van der Waals surface area contributed by atoms with Crippen molar-refractivity contribution in [1.82, 2.24) is 0 Å². The van der Waals surface area contributed by atoms with Crippen molar-refractivity contribution < 1.29 is 49.4 Å². The molecule has 0 atom stereocenters. The molecule has 0 aromatic carbocycles. The van der Waals surface area contributed by atoms with E-state index in [1.54, 1.807) is 0 Å². The molecule has 0 saturated heterocycles. The largest absolute Gasteiger partial charge is 0.449 e. The minimum Gasteiger partial charge on any atom is -0.449 e. The maximum absolute atomic E-state index is 5.41. The molecule has 25 heteroatoms. The van der Waals surface area contributed by atoms with Crippen LogP contribution in [0.15, 0.2) is 0 Å². The summed E-state index contributed by atoms with van der Waals surface area (Å²) in [6, 6.07) is 0. The van der Waals surface area contributed by atoms with Gasteiger partial charge in [-0.3, -0.25) is 0 Å². The minimum absolute atomic E-state index is 0.746. The molecule has 0 aliphatic heterocycles. The molecule has 0 amide bonds. The third-order valence-corrected chi connectivity index (χ3v) is 17.1. The van der Waals surface area contributed by atoms with Crippen molar-refractivity contribution in [3.63, 3.8) is 0 Å². The maximum atomic E-state index is 5.41. The zero-order valence-electron chi connectivity index (χ0n) is 14.7. The summed E-state index contributed by atoms with van der Waals surface area (Å²) in [4.78, 5) is 0. The summed E-state index contributed by atoms with van der Waals surface area (Å²) in [5.41, 5.74) is 0. The predicted molar refractivity (Wildman–Crippen MR) is 127 cm³/mol. The number of hydrogen-bond acceptors (Lipinski definition) is 12.